The first kappa shape index (κ1) is 10.2. The van der Waals surface area contributed by atoms with Crippen molar-refractivity contribution in [1.29, 1.82) is 0 Å². The molecule has 0 aromatic heterocycles. The molecule has 0 fully saturated rings. The van der Waals surface area contributed by atoms with Crippen LogP contribution in [0.4, 0.5) is 0 Å². The summed E-state index contributed by atoms with van der Waals surface area (Å²) < 4.78 is 0. The highest BCUT2D eigenvalue weighted by Crippen LogP contribution is 2.35. The van der Waals surface area contributed by atoms with Crippen molar-refractivity contribution in [2.45, 2.75) is 11.7 Å². The van der Waals surface area contributed by atoms with Gasteiger partial charge < -0.3 is 10.0 Å². The molecular formula is C12H13BO2. The highest BCUT2D eigenvalue weighted by Gasteiger charge is 2.29. The zero-order chi connectivity index (χ0) is 10.7. The molecule has 0 bridgehead atoms. The molecule has 2 nitrogen and oxygen atoms in total. The van der Waals surface area contributed by atoms with Crippen molar-refractivity contribution in [2.24, 2.45) is 0 Å². The lowest BCUT2D eigenvalue weighted by Crippen LogP contribution is -2.24. The molecule has 1 aromatic rings. The summed E-state index contributed by atoms with van der Waals surface area (Å²) in [5.41, 5.74) is 1.11. The maximum Gasteiger partial charge on any atom is 0.459 e. The van der Waals surface area contributed by atoms with Gasteiger partial charge in [-0.3, -0.25) is 0 Å². The Balaban J connectivity index is 2.28. The molecule has 0 heterocycles. The minimum atomic E-state index is -1.31. The van der Waals surface area contributed by atoms with Gasteiger partial charge in [-0.25, -0.2) is 0 Å². The Morgan fingerprint density at radius 2 is 1.60 bits per heavy atom. The fourth-order valence-corrected chi connectivity index (χ4v) is 1.92. The topological polar surface area (TPSA) is 40.5 Å². The molecular weight excluding hydrogens is 187 g/mol. The van der Waals surface area contributed by atoms with Crippen LogP contribution in [0.3, 0.4) is 0 Å². The average Bonchev–Trinajstić information content (AvgIpc) is 2.30. The molecule has 1 aliphatic carbocycles. The van der Waals surface area contributed by atoms with Crippen molar-refractivity contribution in [3.63, 3.8) is 0 Å². The van der Waals surface area contributed by atoms with Crippen LogP contribution in [-0.4, -0.2) is 17.2 Å². The van der Waals surface area contributed by atoms with Gasteiger partial charge in [-0.1, -0.05) is 54.6 Å². The Labute approximate surface area is 89.7 Å². The van der Waals surface area contributed by atoms with Crippen molar-refractivity contribution in [2.75, 3.05) is 0 Å². The van der Waals surface area contributed by atoms with Crippen molar-refractivity contribution >= 4 is 7.12 Å². The second-order valence-electron chi connectivity index (χ2n) is 3.70. The van der Waals surface area contributed by atoms with Gasteiger partial charge in [0.05, 0.1) is 0 Å². The van der Waals surface area contributed by atoms with E-state index in [1.165, 1.54) is 0 Å². The summed E-state index contributed by atoms with van der Waals surface area (Å²) in [7, 11) is -1.31. The molecule has 76 valence electrons. The summed E-state index contributed by atoms with van der Waals surface area (Å²) in [4.78, 5) is 0. The summed E-state index contributed by atoms with van der Waals surface area (Å²) in [6.45, 7) is 0. The van der Waals surface area contributed by atoms with E-state index < -0.39 is 7.12 Å². The van der Waals surface area contributed by atoms with Gasteiger partial charge in [0.1, 0.15) is 0 Å². The molecule has 3 heteroatoms. The van der Waals surface area contributed by atoms with Crippen LogP contribution >= 0.6 is 0 Å². The Morgan fingerprint density at radius 1 is 0.933 bits per heavy atom. The molecule has 15 heavy (non-hydrogen) atoms. The van der Waals surface area contributed by atoms with Crippen LogP contribution < -0.4 is 0 Å². The van der Waals surface area contributed by atoms with Gasteiger partial charge in [-0.05, 0) is 5.56 Å². The van der Waals surface area contributed by atoms with Gasteiger partial charge in [0.15, 0.2) is 0 Å². The zero-order valence-corrected chi connectivity index (χ0v) is 8.32. The fraction of sp³-hybridized carbons (Fsp3) is 0.167. The van der Waals surface area contributed by atoms with Crippen molar-refractivity contribution in [3.05, 3.63) is 60.2 Å². The van der Waals surface area contributed by atoms with Crippen LogP contribution in [0.15, 0.2) is 54.6 Å². The molecule has 0 radical (unpaired) electrons. The SMILES string of the molecule is OB(O)C1C=CC=CC1c1ccccc1. The maximum atomic E-state index is 9.28. The fourth-order valence-electron chi connectivity index (χ4n) is 1.92. The summed E-state index contributed by atoms with van der Waals surface area (Å²) in [6, 6.07) is 9.88. The lowest BCUT2D eigenvalue weighted by molar-refractivity contribution is 0.389. The second kappa shape index (κ2) is 4.47. The van der Waals surface area contributed by atoms with E-state index in [-0.39, 0.29) is 11.7 Å². The molecule has 0 saturated carbocycles. The number of hydrogen-bond acceptors (Lipinski definition) is 2. The molecule has 1 aromatic carbocycles. The normalized spacial score (nSPS) is 24.1. The summed E-state index contributed by atoms with van der Waals surface area (Å²) >= 11 is 0. The summed E-state index contributed by atoms with van der Waals surface area (Å²) in [6.07, 6.45) is 7.63. The first-order chi connectivity index (χ1) is 7.29. The first-order valence-corrected chi connectivity index (χ1v) is 5.05. The standard InChI is InChI=1S/C12H13BO2/c14-13(15)12-9-5-4-8-11(12)10-6-2-1-3-7-10/h1-9,11-12,14-15H. The highest BCUT2D eigenvalue weighted by molar-refractivity contribution is 6.44. The number of benzene rings is 1. The molecule has 0 saturated heterocycles. The lowest BCUT2D eigenvalue weighted by atomic mass is 9.62. The summed E-state index contributed by atoms with van der Waals surface area (Å²) in [5, 5.41) is 18.6. The molecule has 2 atom stereocenters. The third-order valence-electron chi connectivity index (χ3n) is 2.71. The smallest absolute Gasteiger partial charge is 0.427 e. The molecule has 0 aliphatic heterocycles. The molecule has 2 unspecified atom stereocenters. The van der Waals surface area contributed by atoms with E-state index in [4.69, 9.17) is 0 Å². The van der Waals surface area contributed by atoms with E-state index in [1.807, 2.05) is 54.6 Å². The van der Waals surface area contributed by atoms with Gasteiger partial charge in [0.2, 0.25) is 0 Å². The average molecular weight is 200 g/mol. The van der Waals surface area contributed by atoms with E-state index in [0.29, 0.717) is 0 Å². The van der Waals surface area contributed by atoms with Gasteiger partial charge in [0.25, 0.3) is 0 Å². The monoisotopic (exact) mass is 200 g/mol. The van der Waals surface area contributed by atoms with E-state index >= 15 is 0 Å². The molecule has 2 rings (SSSR count). The van der Waals surface area contributed by atoms with Crippen LogP contribution in [-0.2, 0) is 0 Å². The van der Waals surface area contributed by atoms with Crippen molar-refractivity contribution in [3.8, 4) is 0 Å². The van der Waals surface area contributed by atoms with Crippen molar-refractivity contribution < 1.29 is 10.0 Å². The van der Waals surface area contributed by atoms with Crippen LogP contribution in [0.2, 0.25) is 5.82 Å². The number of allylic oxidation sites excluding steroid dienone is 4. The molecule has 1 aliphatic rings. The molecule has 0 spiro atoms. The van der Waals surface area contributed by atoms with Crippen LogP contribution in [0, 0.1) is 0 Å². The van der Waals surface area contributed by atoms with Gasteiger partial charge in [-0.15, -0.1) is 0 Å². The number of rotatable bonds is 2. The van der Waals surface area contributed by atoms with E-state index in [0.717, 1.165) is 5.56 Å². The largest absolute Gasteiger partial charge is 0.459 e. The molecule has 0 amide bonds. The third kappa shape index (κ3) is 2.20. The second-order valence-corrected chi connectivity index (χ2v) is 3.70. The van der Waals surface area contributed by atoms with E-state index in [1.54, 1.807) is 0 Å². The van der Waals surface area contributed by atoms with Crippen molar-refractivity contribution in [1.82, 2.24) is 0 Å². The minimum absolute atomic E-state index is 0.0520. The van der Waals surface area contributed by atoms with Crippen LogP contribution in [0.25, 0.3) is 0 Å². The third-order valence-corrected chi connectivity index (χ3v) is 2.71. The molecule has 2 N–H and O–H groups in total. The quantitative estimate of drug-likeness (QED) is 0.713. The Kier molecular flexibility index (Phi) is 3.04. The van der Waals surface area contributed by atoms with Gasteiger partial charge >= 0.3 is 7.12 Å². The Hall–Kier alpha value is -1.32. The number of hydrogen-bond donors (Lipinski definition) is 2. The predicted molar refractivity (Wildman–Crippen MR) is 61.4 cm³/mol. The van der Waals surface area contributed by atoms with Crippen LogP contribution in [0.5, 0.6) is 0 Å². The minimum Gasteiger partial charge on any atom is -0.427 e. The predicted octanol–water partition coefficient (Wildman–Crippen LogP) is 1.74. The summed E-state index contributed by atoms with van der Waals surface area (Å²) in [5.74, 6) is -0.200. The lowest BCUT2D eigenvalue weighted by Gasteiger charge is -2.23. The van der Waals surface area contributed by atoms with E-state index in [2.05, 4.69) is 0 Å². The maximum absolute atomic E-state index is 9.28. The van der Waals surface area contributed by atoms with Gasteiger partial charge in [0, 0.05) is 11.7 Å². The van der Waals surface area contributed by atoms with E-state index in [9.17, 15) is 10.0 Å². The van der Waals surface area contributed by atoms with Gasteiger partial charge in [-0.2, -0.15) is 0 Å². The van der Waals surface area contributed by atoms with Crippen LogP contribution in [0.1, 0.15) is 11.5 Å². The highest BCUT2D eigenvalue weighted by atomic mass is 16.4. The Bertz CT molecular complexity index is 370. The Morgan fingerprint density at radius 3 is 2.27 bits per heavy atom. The zero-order valence-electron chi connectivity index (χ0n) is 8.32. The first-order valence-electron chi connectivity index (χ1n) is 5.05.